The molecule has 1 saturated heterocycles. The summed E-state index contributed by atoms with van der Waals surface area (Å²) in [6, 6.07) is 6.74. The molecule has 0 radical (unpaired) electrons. The summed E-state index contributed by atoms with van der Waals surface area (Å²) < 4.78 is 13.1. The summed E-state index contributed by atoms with van der Waals surface area (Å²) in [5.41, 5.74) is 1.65. The molecule has 1 aromatic carbocycles. The van der Waals surface area contributed by atoms with Crippen molar-refractivity contribution in [3.05, 3.63) is 48.3 Å². The van der Waals surface area contributed by atoms with E-state index in [2.05, 4.69) is 15.3 Å². The Kier molecular flexibility index (Phi) is 3.02. The summed E-state index contributed by atoms with van der Waals surface area (Å²) in [7, 11) is 0. The molecule has 0 saturated carbocycles. The topological polar surface area (TPSA) is 37.8 Å². The summed E-state index contributed by atoms with van der Waals surface area (Å²) in [4.78, 5) is 8.74. The van der Waals surface area contributed by atoms with Crippen molar-refractivity contribution in [2.45, 2.75) is 18.9 Å². The second kappa shape index (κ2) is 4.82. The first-order valence-corrected chi connectivity index (χ1v) is 6.14. The fraction of sp³-hybridized carbons (Fsp3) is 0.286. The zero-order valence-corrected chi connectivity index (χ0v) is 9.94. The van der Waals surface area contributed by atoms with E-state index in [1.165, 1.54) is 18.6 Å². The maximum absolute atomic E-state index is 13.1. The number of hydrogen-bond donors (Lipinski definition) is 1. The molecule has 2 heterocycles. The molecule has 1 fully saturated rings. The average Bonchev–Trinajstić information content (AvgIpc) is 2.93. The minimum atomic E-state index is -0.242. The average molecular weight is 243 g/mol. The van der Waals surface area contributed by atoms with Gasteiger partial charge >= 0.3 is 0 Å². The van der Waals surface area contributed by atoms with E-state index in [1.807, 2.05) is 6.07 Å². The minimum Gasteiger partial charge on any atom is -0.307 e. The Labute approximate surface area is 105 Å². The summed E-state index contributed by atoms with van der Waals surface area (Å²) in [6.45, 7) is 1.03. The highest BCUT2D eigenvalue weighted by Crippen LogP contribution is 2.22. The van der Waals surface area contributed by atoms with Crippen LogP contribution in [0.25, 0.3) is 11.1 Å². The van der Waals surface area contributed by atoms with Gasteiger partial charge in [0.05, 0.1) is 6.04 Å². The second-order valence-corrected chi connectivity index (χ2v) is 4.49. The summed E-state index contributed by atoms with van der Waals surface area (Å²) in [6.07, 6.45) is 5.77. The number of benzene rings is 1. The van der Waals surface area contributed by atoms with Gasteiger partial charge in [-0.3, -0.25) is 0 Å². The Morgan fingerprint density at radius 2 is 2.00 bits per heavy atom. The first kappa shape index (κ1) is 11.3. The van der Waals surface area contributed by atoms with E-state index in [-0.39, 0.29) is 11.9 Å². The van der Waals surface area contributed by atoms with Gasteiger partial charge in [0, 0.05) is 18.0 Å². The zero-order valence-electron chi connectivity index (χ0n) is 9.94. The molecule has 1 aliphatic rings. The third-order valence-electron chi connectivity index (χ3n) is 3.20. The first-order valence-electron chi connectivity index (χ1n) is 6.14. The Morgan fingerprint density at radius 1 is 1.17 bits per heavy atom. The van der Waals surface area contributed by atoms with Gasteiger partial charge in [0.15, 0.2) is 0 Å². The lowest BCUT2D eigenvalue weighted by molar-refractivity contribution is 0.605. The second-order valence-electron chi connectivity index (χ2n) is 4.49. The minimum absolute atomic E-state index is 0.242. The molecule has 2 aromatic rings. The number of halogens is 1. The van der Waals surface area contributed by atoms with Crippen LogP contribution in [0, 0.1) is 5.82 Å². The van der Waals surface area contributed by atoms with Gasteiger partial charge in [0.1, 0.15) is 11.6 Å². The molecule has 0 amide bonds. The molecular formula is C14H14FN3. The van der Waals surface area contributed by atoms with Crippen LogP contribution in [0.4, 0.5) is 4.39 Å². The number of nitrogens with zero attached hydrogens (tertiary/aromatic N) is 2. The van der Waals surface area contributed by atoms with Crippen LogP contribution in [0.15, 0.2) is 36.7 Å². The molecule has 1 aromatic heterocycles. The van der Waals surface area contributed by atoms with E-state index in [9.17, 15) is 4.39 Å². The van der Waals surface area contributed by atoms with Crippen LogP contribution in [0.2, 0.25) is 0 Å². The number of rotatable bonds is 2. The van der Waals surface area contributed by atoms with E-state index in [0.717, 1.165) is 29.9 Å². The monoisotopic (exact) mass is 243 g/mol. The fourth-order valence-electron chi connectivity index (χ4n) is 2.24. The highest BCUT2D eigenvalue weighted by atomic mass is 19.1. The van der Waals surface area contributed by atoms with Crippen LogP contribution in [0.5, 0.6) is 0 Å². The molecule has 1 unspecified atom stereocenters. The Balaban J connectivity index is 1.86. The highest BCUT2D eigenvalue weighted by Gasteiger charge is 2.18. The van der Waals surface area contributed by atoms with E-state index < -0.39 is 0 Å². The zero-order chi connectivity index (χ0) is 12.4. The van der Waals surface area contributed by atoms with E-state index >= 15 is 0 Å². The van der Waals surface area contributed by atoms with Crippen LogP contribution in [0.3, 0.4) is 0 Å². The Hall–Kier alpha value is -1.81. The SMILES string of the molecule is Fc1cccc(-c2cnc(C3CCCN3)nc2)c1. The molecule has 3 nitrogen and oxygen atoms in total. The van der Waals surface area contributed by atoms with Gasteiger partial charge in [0.2, 0.25) is 0 Å². The van der Waals surface area contributed by atoms with Crippen LogP contribution in [0.1, 0.15) is 24.7 Å². The maximum Gasteiger partial charge on any atom is 0.145 e. The van der Waals surface area contributed by atoms with Gasteiger partial charge in [-0.25, -0.2) is 14.4 Å². The van der Waals surface area contributed by atoms with Crippen molar-refractivity contribution < 1.29 is 4.39 Å². The molecule has 18 heavy (non-hydrogen) atoms. The largest absolute Gasteiger partial charge is 0.307 e. The normalized spacial score (nSPS) is 19.1. The van der Waals surface area contributed by atoms with Gasteiger partial charge in [-0.2, -0.15) is 0 Å². The molecule has 3 rings (SSSR count). The van der Waals surface area contributed by atoms with Crippen LogP contribution >= 0.6 is 0 Å². The molecule has 4 heteroatoms. The smallest absolute Gasteiger partial charge is 0.145 e. The van der Waals surface area contributed by atoms with Crippen molar-refractivity contribution in [3.8, 4) is 11.1 Å². The quantitative estimate of drug-likeness (QED) is 0.881. The first-order chi connectivity index (χ1) is 8.83. The number of nitrogens with one attached hydrogen (secondary N) is 1. The van der Waals surface area contributed by atoms with Gasteiger partial charge in [0.25, 0.3) is 0 Å². The summed E-state index contributed by atoms with van der Waals surface area (Å²) in [5, 5.41) is 3.36. The predicted molar refractivity (Wildman–Crippen MR) is 67.4 cm³/mol. The van der Waals surface area contributed by atoms with Gasteiger partial charge < -0.3 is 5.32 Å². The number of aromatic nitrogens is 2. The predicted octanol–water partition coefficient (Wildman–Crippen LogP) is 2.71. The lowest BCUT2D eigenvalue weighted by Crippen LogP contribution is -2.15. The molecule has 0 spiro atoms. The molecule has 1 N–H and O–H groups in total. The van der Waals surface area contributed by atoms with Crippen molar-refractivity contribution in [2.24, 2.45) is 0 Å². The van der Waals surface area contributed by atoms with Crippen LogP contribution < -0.4 is 5.32 Å². The Morgan fingerprint density at radius 3 is 2.67 bits per heavy atom. The van der Waals surface area contributed by atoms with Crippen LogP contribution in [-0.2, 0) is 0 Å². The molecular weight excluding hydrogens is 229 g/mol. The molecule has 0 aliphatic carbocycles. The lowest BCUT2D eigenvalue weighted by Gasteiger charge is -2.08. The van der Waals surface area contributed by atoms with Crippen molar-refractivity contribution >= 4 is 0 Å². The van der Waals surface area contributed by atoms with Crippen molar-refractivity contribution in [2.75, 3.05) is 6.54 Å². The van der Waals surface area contributed by atoms with Gasteiger partial charge in [-0.15, -0.1) is 0 Å². The third kappa shape index (κ3) is 2.24. The molecule has 1 atom stereocenters. The maximum atomic E-state index is 13.1. The van der Waals surface area contributed by atoms with E-state index in [4.69, 9.17) is 0 Å². The van der Waals surface area contributed by atoms with Gasteiger partial charge in [-0.1, -0.05) is 12.1 Å². The molecule has 0 bridgehead atoms. The summed E-state index contributed by atoms with van der Waals surface area (Å²) >= 11 is 0. The Bertz CT molecular complexity index is 533. The van der Waals surface area contributed by atoms with Crippen molar-refractivity contribution in [1.29, 1.82) is 0 Å². The van der Waals surface area contributed by atoms with Crippen molar-refractivity contribution in [3.63, 3.8) is 0 Å². The van der Waals surface area contributed by atoms with E-state index in [1.54, 1.807) is 18.5 Å². The standard InChI is InChI=1S/C14H14FN3/c15-12-4-1-3-10(7-12)11-8-17-14(18-9-11)13-5-2-6-16-13/h1,3-4,7-9,13,16H,2,5-6H2. The van der Waals surface area contributed by atoms with Gasteiger partial charge in [-0.05, 0) is 37.1 Å². The van der Waals surface area contributed by atoms with Crippen molar-refractivity contribution in [1.82, 2.24) is 15.3 Å². The molecule has 92 valence electrons. The highest BCUT2D eigenvalue weighted by molar-refractivity contribution is 5.61. The third-order valence-corrected chi connectivity index (χ3v) is 3.20. The summed E-state index contributed by atoms with van der Waals surface area (Å²) in [5.74, 6) is 0.585. The number of hydrogen-bond acceptors (Lipinski definition) is 3. The fourth-order valence-corrected chi connectivity index (χ4v) is 2.24. The van der Waals surface area contributed by atoms with Crippen LogP contribution in [-0.4, -0.2) is 16.5 Å². The lowest BCUT2D eigenvalue weighted by atomic mass is 10.1. The van der Waals surface area contributed by atoms with E-state index in [0.29, 0.717) is 0 Å². The molecule has 1 aliphatic heterocycles.